The zero-order valence-corrected chi connectivity index (χ0v) is 77.2. The van der Waals surface area contributed by atoms with Crippen LogP contribution in [0.4, 0.5) is 76.2 Å². The van der Waals surface area contributed by atoms with Crippen LogP contribution in [0, 0.1) is 0 Å². The molecule has 6 aliphatic rings. The van der Waals surface area contributed by atoms with E-state index in [4.69, 9.17) is 14.2 Å². The van der Waals surface area contributed by atoms with Crippen molar-refractivity contribution in [3.05, 3.63) is 204 Å². The van der Waals surface area contributed by atoms with Crippen molar-refractivity contribution in [1.82, 2.24) is 44.5 Å². The van der Waals surface area contributed by atoms with Crippen molar-refractivity contribution >= 4 is 114 Å². The van der Waals surface area contributed by atoms with Crippen molar-refractivity contribution in [2.45, 2.75) is 155 Å². The Kier molecular flexibility index (Phi) is 30.6. The Labute approximate surface area is 771 Å². The summed E-state index contributed by atoms with van der Waals surface area (Å²) in [5.41, 5.74) is 1.51. The van der Waals surface area contributed by atoms with Gasteiger partial charge in [-0.2, -0.15) is 13.2 Å². The summed E-state index contributed by atoms with van der Waals surface area (Å²) in [5, 5.41) is 52.7. The number of halogens is 7. The fourth-order valence-electron chi connectivity index (χ4n) is 15.0. The average Bonchev–Trinajstić information content (AvgIpc) is 1.61. The molecule has 9 N–H and O–H groups in total. The molecule has 4 atom stereocenters. The number of aromatic amines is 1. The normalized spacial score (nSPS) is 15.9. The van der Waals surface area contributed by atoms with Crippen LogP contribution >= 0.6 is 11.3 Å². The fourth-order valence-corrected chi connectivity index (χ4v) is 15.8. The SMILES string of the molecule is CC(C)(O)[C@H](F)CN1Cc2cc(NC(=O)c3cc(=O)cc[nH]3)c(N3CCOCC3)cc2C1=O.CC(C)(O)[C@H](F)CN1Cc2cc(NC(=O)c3csc4nccnc34)c(N3CCOCC3)cc2C1=O.CC(C)Oc1cccc(C(=O)Nc2cc3c(cc2N(C)C)C(=O)N(C[C@@H](F)C(C)(C)O)C3)n1.CN(C)c1cc2c(cc1NC(=O)c1cccc(C(F)(F)F)n1)CN(C[C@@H](F)C(C)(C)O)C2=O. The van der Waals surface area contributed by atoms with Crippen LogP contribution in [0.1, 0.15) is 180 Å². The Morgan fingerprint density at radius 3 is 1.25 bits per heavy atom. The van der Waals surface area contributed by atoms with Gasteiger partial charge in [0.25, 0.3) is 47.3 Å². The van der Waals surface area contributed by atoms with Crippen LogP contribution in [0.5, 0.6) is 5.88 Å². The number of carbonyl (C=O) groups is 8. The highest BCUT2D eigenvalue weighted by Gasteiger charge is 2.42. The molecule has 9 aromatic rings. The minimum atomic E-state index is -4.69. The number of H-pyrrole nitrogens is 1. The number of morpholine rings is 2. The minimum Gasteiger partial charge on any atom is -0.475 e. The Bertz CT molecular complexity index is 5960. The predicted molar refractivity (Wildman–Crippen MR) is 490 cm³/mol. The Morgan fingerprint density at radius 1 is 0.493 bits per heavy atom. The number of rotatable bonds is 26. The minimum absolute atomic E-state index is 0.0586. The van der Waals surface area contributed by atoms with Crippen LogP contribution in [-0.2, 0) is 41.8 Å². The quantitative estimate of drug-likeness (QED) is 0.0227. The molecule has 6 aliphatic heterocycles. The maximum Gasteiger partial charge on any atom is 0.433 e. The van der Waals surface area contributed by atoms with E-state index in [0.29, 0.717) is 159 Å². The van der Waals surface area contributed by atoms with Gasteiger partial charge in [0.2, 0.25) is 5.88 Å². The zero-order valence-electron chi connectivity index (χ0n) is 76.4. The molecule has 0 spiro atoms. The van der Waals surface area contributed by atoms with E-state index in [1.54, 1.807) is 110 Å². The summed E-state index contributed by atoms with van der Waals surface area (Å²) < 4.78 is 113. The second-order valence-electron chi connectivity index (χ2n) is 35.9. The van der Waals surface area contributed by atoms with E-state index in [2.05, 4.69) is 51.1 Å². The summed E-state index contributed by atoms with van der Waals surface area (Å²) in [4.78, 5) is 147. The van der Waals surface area contributed by atoms with Crippen molar-refractivity contribution in [3.63, 3.8) is 0 Å². The van der Waals surface area contributed by atoms with Crippen LogP contribution in [0.3, 0.4) is 0 Å². The molecule has 15 rings (SSSR count). The molecule has 0 unspecified atom stereocenters. The largest absolute Gasteiger partial charge is 0.475 e. The molecule has 4 aromatic carbocycles. The number of benzene rings is 4. The molecule has 0 saturated carbocycles. The molecule has 11 heterocycles. The number of alkyl halides is 7. The molecular formula is C93H108F7N17O16S. The first-order chi connectivity index (χ1) is 62.9. The van der Waals surface area contributed by atoms with Gasteiger partial charge < -0.3 is 100 Å². The Balaban J connectivity index is 0.000000161. The maximum atomic E-state index is 14.5. The third-order valence-electron chi connectivity index (χ3n) is 22.7. The molecule has 8 amide bonds. The highest BCUT2D eigenvalue weighted by Crippen LogP contribution is 2.42. The molecule has 0 aliphatic carbocycles. The lowest BCUT2D eigenvalue weighted by Crippen LogP contribution is -2.42. The van der Waals surface area contributed by atoms with Gasteiger partial charge in [-0.05, 0) is 158 Å². The number of hydrogen-bond acceptors (Lipinski definition) is 25. The third-order valence-corrected chi connectivity index (χ3v) is 23.6. The first-order valence-electron chi connectivity index (χ1n) is 43.0. The molecule has 41 heteroatoms. The third kappa shape index (κ3) is 24.0. The van der Waals surface area contributed by atoms with Gasteiger partial charge in [-0.3, -0.25) is 48.1 Å². The summed E-state index contributed by atoms with van der Waals surface area (Å²) in [5.74, 6) is -3.07. The van der Waals surface area contributed by atoms with Gasteiger partial charge in [-0.1, -0.05) is 12.1 Å². The van der Waals surface area contributed by atoms with E-state index < -0.39 is 88.3 Å². The average molecular weight is 1890 g/mol. The Hall–Kier alpha value is -12.8. The van der Waals surface area contributed by atoms with Gasteiger partial charge in [-0.15, -0.1) is 11.3 Å². The summed E-state index contributed by atoms with van der Waals surface area (Å²) in [6, 6.07) is 24.0. The highest BCUT2D eigenvalue weighted by molar-refractivity contribution is 7.17. The van der Waals surface area contributed by atoms with Crippen LogP contribution in [0.25, 0.3) is 10.3 Å². The molecule has 2 saturated heterocycles. The van der Waals surface area contributed by atoms with Gasteiger partial charge in [0, 0.05) is 145 Å². The first kappa shape index (κ1) is 100. The predicted octanol–water partition coefficient (Wildman–Crippen LogP) is 11.1. The maximum absolute atomic E-state index is 14.5. The van der Waals surface area contributed by atoms with E-state index in [1.807, 2.05) is 18.7 Å². The lowest BCUT2D eigenvalue weighted by atomic mass is 10.0. The number of aliphatic hydroxyl groups is 4. The smallest absolute Gasteiger partial charge is 0.433 e. The Morgan fingerprint density at radius 2 is 0.866 bits per heavy atom. The van der Waals surface area contributed by atoms with Crippen molar-refractivity contribution in [2.75, 3.05) is 148 Å². The molecule has 33 nitrogen and oxygen atoms in total. The fraction of sp³-hybridized carbons (Fsp3) is 0.430. The summed E-state index contributed by atoms with van der Waals surface area (Å²) in [6.45, 7) is 18.7. The lowest BCUT2D eigenvalue weighted by Gasteiger charge is -2.31. The summed E-state index contributed by atoms with van der Waals surface area (Å²) in [7, 11) is 6.94. The number of fused-ring (bicyclic) bond motifs is 5. The molecular weight excluding hydrogens is 1780 g/mol. The van der Waals surface area contributed by atoms with Crippen LogP contribution in [-0.4, -0.2) is 272 Å². The molecule has 2 fully saturated rings. The molecule has 5 aromatic heterocycles. The van der Waals surface area contributed by atoms with Gasteiger partial charge in [0.15, 0.2) is 5.43 Å². The van der Waals surface area contributed by atoms with E-state index in [9.17, 15) is 94.3 Å². The second-order valence-corrected chi connectivity index (χ2v) is 36.7. The number of thiophene rings is 1. The van der Waals surface area contributed by atoms with Crippen molar-refractivity contribution in [2.24, 2.45) is 0 Å². The summed E-state index contributed by atoms with van der Waals surface area (Å²) >= 11 is 1.34. The van der Waals surface area contributed by atoms with E-state index >= 15 is 0 Å². The number of amides is 8. The first-order valence-corrected chi connectivity index (χ1v) is 43.9. The van der Waals surface area contributed by atoms with Gasteiger partial charge in [0.1, 0.15) is 57.8 Å². The summed E-state index contributed by atoms with van der Waals surface area (Å²) in [6.07, 6.45) is -6.70. The van der Waals surface area contributed by atoms with Gasteiger partial charge in [-0.25, -0.2) is 32.5 Å². The topological polar surface area (TPSA) is 404 Å². The second kappa shape index (κ2) is 41.0. The van der Waals surface area contributed by atoms with Gasteiger partial charge >= 0.3 is 6.18 Å². The number of nitrogens with zero attached hydrogens (tertiary/aromatic N) is 12. The van der Waals surface area contributed by atoms with E-state index in [1.165, 1.54) is 117 Å². The van der Waals surface area contributed by atoms with Crippen LogP contribution in [0.2, 0.25) is 0 Å². The number of hydrogen-bond donors (Lipinski definition) is 9. The van der Waals surface area contributed by atoms with Crippen LogP contribution in [0.15, 0.2) is 126 Å². The number of ether oxygens (including phenoxy) is 3. The highest BCUT2D eigenvalue weighted by atomic mass is 32.1. The van der Waals surface area contributed by atoms with Gasteiger partial charge in [0.05, 0.1) is 132 Å². The zero-order chi connectivity index (χ0) is 97.7. The molecule has 0 radical (unpaired) electrons. The lowest BCUT2D eigenvalue weighted by molar-refractivity contribution is -0.141. The van der Waals surface area contributed by atoms with Crippen molar-refractivity contribution in [1.29, 1.82) is 0 Å². The molecule has 716 valence electrons. The molecule has 0 bridgehead atoms. The van der Waals surface area contributed by atoms with Crippen molar-refractivity contribution < 1.29 is 104 Å². The number of aromatic nitrogens is 5. The number of carbonyl (C=O) groups excluding carboxylic acids is 8. The monoisotopic (exact) mass is 1880 g/mol. The van der Waals surface area contributed by atoms with Crippen LogP contribution < -0.4 is 51.0 Å². The van der Waals surface area contributed by atoms with Crippen molar-refractivity contribution in [3.8, 4) is 5.88 Å². The molecule has 134 heavy (non-hydrogen) atoms. The number of nitrogens with one attached hydrogen (secondary N) is 5. The number of anilines is 8. The van der Waals surface area contributed by atoms with E-state index in [0.717, 1.165) is 18.2 Å². The number of pyridine rings is 3. The van der Waals surface area contributed by atoms with E-state index in [-0.39, 0.29) is 105 Å². The standard InChI is InChI=1S/C24H26FN5O4S.C24H31FN4O4.C23H27FN4O5.C22H24F4N4O3/c1-24(2,33)19(25)12-30-11-14-9-17(18(10-15(14)23(30)32)29-5-7-34-8-6-29)28-21(31)16-13-35-22-20(16)26-3-4-27-22;1-14(2)33-21-9-7-8-17(26-21)22(30)27-18-10-15-12-29(13-20(25)24(3,4)32)23(31)16(15)11-19(18)28(5)6;1-23(2,32)20(24)13-28-12-14-9-17(26-21(30)18-10-15(29)3-4-25-18)19(11-16(14)22(28)31)27-5-7-33-8-6-27;1-21(2,33)17(23)11-30-10-12-8-15(16(29(3)4)9-13(12)20(30)32)28-19(31)14-6-5-7-18(27-14)22(24,25)26/h3-4,9-10,13,19,33H,5-8,11-12H2,1-2H3,(H,28,31);7-11,14,20,32H,12-13H2,1-6H3,(H,27,30);3-4,9-11,20,32H,5-8,12-13H2,1-2H3,(H,25,29)(H,26,30);5-9,17,33H,10-11H2,1-4H3,(H,28,31)/t19-;2*20-;17-/m1111/s1.